The van der Waals surface area contributed by atoms with Crippen LogP contribution in [0.15, 0.2) is 53.4 Å². The van der Waals surface area contributed by atoms with Crippen molar-refractivity contribution in [1.82, 2.24) is 9.62 Å². The lowest BCUT2D eigenvalue weighted by molar-refractivity contribution is -0.137. The Balaban J connectivity index is 1.60. The third kappa shape index (κ3) is 6.88. The Kier molecular flexibility index (Phi) is 8.32. The van der Waals surface area contributed by atoms with E-state index in [4.69, 9.17) is 4.74 Å². The smallest absolute Gasteiger partial charge is 0.416 e. The van der Waals surface area contributed by atoms with Gasteiger partial charge in [0.25, 0.3) is 5.91 Å². The highest BCUT2D eigenvalue weighted by atomic mass is 32.2. The van der Waals surface area contributed by atoms with E-state index in [1.807, 2.05) is 13.8 Å². The molecule has 192 valence electrons. The van der Waals surface area contributed by atoms with Crippen LogP contribution in [0.2, 0.25) is 0 Å². The summed E-state index contributed by atoms with van der Waals surface area (Å²) in [4.78, 5) is 13.9. The molecule has 1 fully saturated rings. The normalized spacial score (nSPS) is 16.3. The van der Waals surface area contributed by atoms with Crippen molar-refractivity contribution in [2.75, 3.05) is 37.6 Å². The van der Waals surface area contributed by atoms with Gasteiger partial charge in [-0.25, -0.2) is 8.42 Å². The number of alkyl halides is 3. The molecule has 1 aliphatic heterocycles. The van der Waals surface area contributed by atoms with Crippen LogP contribution >= 0.6 is 0 Å². The SMILES string of the molecule is CC(C)CNC(=O)[C@@H](C)Oc1ccc(S(=O)(=O)N2CCN(c3cccc(C(F)(F)F)c3)CC2)cc1. The van der Waals surface area contributed by atoms with E-state index in [0.717, 1.165) is 12.1 Å². The Morgan fingerprint density at radius 1 is 1.03 bits per heavy atom. The maximum absolute atomic E-state index is 13.1. The highest BCUT2D eigenvalue weighted by molar-refractivity contribution is 7.89. The third-order valence-corrected chi connectivity index (χ3v) is 7.52. The summed E-state index contributed by atoms with van der Waals surface area (Å²) in [5.74, 6) is 0.419. The molecule has 1 amide bonds. The number of benzene rings is 2. The van der Waals surface area contributed by atoms with Gasteiger partial charge < -0.3 is 15.0 Å². The number of carbonyl (C=O) groups is 1. The maximum atomic E-state index is 13.1. The molecule has 11 heteroatoms. The first-order valence-corrected chi connectivity index (χ1v) is 12.8. The summed E-state index contributed by atoms with van der Waals surface area (Å²) in [6, 6.07) is 10.9. The zero-order valence-corrected chi connectivity index (χ0v) is 20.7. The number of sulfonamides is 1. The minimum atomic E-state index is -4.44. The average Bonchev–Trinajstić information content (AvgIpc) is 2.82. The summed E-state index contributed by atoms with van der Waals surface area (Å²) in [5.41, 5.74) is -0.330. The molecule has 1 saturated heterocycles. The molecule has 2 aromatic rings. The van der Waals surface area contributed by atoms with Gasteiger partial charge in [-0.2, -0.15) is 17.5 Å². The van der Waals surface area contributed by atoms with Crippen molar-refractivity contribution in [1.29, 1.82) is 0 Å². The highest BCUT2D eigenvalue weighted by Gasteiger charge is 2.32. The summed E-state index contributed by atoms with van der Waals surface area (Å²) in [5, 5.41) is 2.78. The van der Waals surface area contributed by atoms with Gasteiger partial charge in [0.2, 0.25) is 10.0 Å². The zero-order valence-electron chi connectivity index (χ0n) is 19.9. The van der Waals surface area contributed by atoms with E-state index in [1.165, 1.54) is 34.6 Å². The molecule has 1 aliphatic rings. The molecule has 35 heavy (non-hydrogen) atoms. The molecule has 0 radical (unpaired) electrons. The predicted molar refractivity (Wildman–Crippen MR) is 127 cm³/mol. The van der Waals surface area contributed by atoms with E-state index < -0.39 is 27.9 Å². The van der Waals surface area contributed by atoms with Gasteiger partial charge in [-0.3, -0.25) is 4.79 Å². The van der Waals surface area contributed by atoms with Gasteiger partial charge in [-0.15, -0.1) is 0 Å². The average molecular weight is 514 g/mol. The summed E-state index contributed by atoms with van der Waals surface area (Å²) in [6.45, 7) is 6.94. The van der Waals surface area contributed by atoms with Crippen molar-refractivity contribution in [3.05, 3.63) is 54.1 Å². The van der Waals surface area contributed by atoms with Gasteiger partial charge in [0, 0.05) is 38.4 Å². The molecule has 0 aliphatic carbocycles. The topological polar surface area (TPSA) is 78.9 Å². The first-order chi connectivity index (χ1) is 16.4. The first-order valence-electron chi connectivity index (χ1n) is 11.3. The van der Waals surface area contributed by atoms with Crippen LogP contribution in [0.1, 0.15) is 26.3 Å². The molecular formula is C24H30F3N3O4S. The fourth-order valence-electron chi connectivity index (χ4n) is 3.61. The van der Waals surface area contributed by atoms with Crippen LogP contribution in [-0.4, -0.2) is 57.5 Å². The van der Waals surface area contributed by atoms with Gasteiger partial charge in [-0.1, -0.05) is 19.9 Å². The van der Waals surface area contributed by atoms with Crippen molar-refractivity contribution in [3.8, 4) is 5.75 Å². The summed E-state index contributed by atoms with van der Waals surface area (Å²) < 4.78 is 72.1. The fraction of sp³-hybridized carbons (Fsp3) is 0.458. The van der Waals surface area contributed by atoms with Crippen molar-refractivity contribution >= 4 is 21.6 Å². The molecule has 1 heterocycles. The van der Waals surface area contributed by atoms with E-state index in [2.05, 4.69) is 5.32 Å². The standard InChI is InChI=1S/C24H30F3N3O4S/c1-17(2)16-28-23(31)18(3)34-21-7-9-22(10-8-21)35(32,33)30-13-11-29(12-14-30)20-6-4-5-19(15-20)24(25,26)27/h4-10,15,17-18H,11-14,16H2,1-3H3,(H,28,31)/t18-/m1/s1. The zero-order chi connectivity index (χ0) is 25.8. The van der Waals surface area contributed by atoms with Crippen molar-refractivity contribution in [2.24, 2.45) is 5.92 Å². The number of rotatable bonds is 8. The van der Waals surface area contributed by atoms with Gasteiger partial charge >= 0.3 is 6.18 Å². The summed E-state index contributed by atoms with van der Waals surface area (Å²) in [6.07, 6.45) is -5.17. The Hall–Kier alpha value is -2.79. The number of halogens is 3. The number of carbonyl (C=O) groups excluding carboxylic acids is 1. The van der Waals surface area contributed by atoms with Crippen LogP contribution in [0, 0.1) is 5.92 Å². The Bertz CT molecular complexity index is 1110. The molecule has 1 N–H and O–H groups in total. The van der Waals surface area contributed by atoms with Gasteiger partial charge in [-0.05, 0) is 55.3 Å². The molecule has 0 unspecified atom stereocenters. The number of hydrogen-bond donors (Lipinski definition) is 1. The molecular weight excluding hydrogens is 483 g/mol. The lowest BCUT2D eigenvalue weighted by atomic mass is 10.1. The van der Waals surface area contributed by atoms with Crippen molar-refractivity contribution in [2.45, 2.75) is 37.9 Å². The molecule has 0 bridgehead atoms. The van der Waals surface area contributed by atoms with E-state index in [9.17, 15) is 26.4 Å². The molecule has 2 aromatic carbocycles. The van der Waals surface area contributed by atoms with Gasteiger partial charge in [0.1, 0.15) is 5.75 Å². The van der Waals surface area contributed by atoms with Crippen LogP contribution in [0.3, 0.4) is 0 Å². The maximum Gasteiger partial charge on any atom is 0.416 e. The fourth-order valence-corrected chi connectivity index (χ4v) is 5.03. The lowest BCUT2D eigenvalue weighted by Gasteiger charge is -2.35. The lowest BCUT2D eigenvalue weighted by Crippen LogP contribution is -2.48. The second kappa shape index (κ2) is 10.9. The Morgan fingerprint density at radius 2 is 1.66 bits per heavy atom. The molecule has 1 atom stereocenters. The number of hydrogen-bond acceptors (Lipinski definition) is 5. The number of amides is 1. The highest BCUT2D eigenvalue weighted by Crippen LogP contribution is 2.32. The van der Waals surface area contributed by atoms with Gasteiger partial charge in [0.15, 0.2) is 6.10 Å². The Labute approximate surface area is 203 Å². The number of piperazine rings is 1. The number of nitrogens with zero attached hydrogens (tertiary/aromatic N) is 2. The first kappa shape index (κ1) is 26.8. The largest absolute Gasteiger partial charge is 0.481 e. The van der Waals surface area contributed by atoms with E-state index in [1.54, 1.807) is 17.9 Å². The van der Waals surface area contributed by atoms with E-state index >= 15 is 0 Å². The second-order valence-electron chi connectivity index (χ2n) is 8.81. The molecule has 7 nitrogen and oxygen atoms in total. The Morgan fingerprint density at radius 3 is 2.23 bits per heavy atom. The van der Waals surface area contributed by atoms with Crippen molar-refractivity contribution in [3.63, 3.8) is 0 Å². The summed E-state index contributed by atoms with van der Waals surface area (Å²) in [7, 11) is -3.79. The second-order valence-corrected chi connectivity index (χ2v) is 10.7. The van der Waals surface area contributed by atoms with Crippen LogP contribution < -0.4 is 15.0 Å². The number of nitrogens with one attached hydrogen (secondary N) is 1. The van der Waals surface area contributed by atoms with E-state index in [0.29, 0.717) is 23.9 Å². The van der Waals surface area contributed by atoms with Crippen LogP contribution in [0.5, 0.6) is 5.75 Å². The van der Waals surface area contributed by atoms with Crippen LogP contribution in [-0.2, 0) is 21.0 Å². The molecule has 0 saturated carbocycles. The van der Waals surface area contributed by atoms with Crippen LogP contribution in [0.4, 0.5) is 18.9 Å². The summed E-state index contributed by atoms with van der Waals surface area (Å²) >= 11 is 0. The monoisotopic (exact) mass is 513 g/mol. The molecule has 0 aromatic heterocycles. The molecule has 3 rings (SSSR count). The van der Waals surface area contributed by atoms with Crippen molar-refractivity contribution < 1.29 is 31.1 Å². The predicted octanol–water partition coefficient (Wildman–Crippen LogP) is 3.76. The minimum absolute atomic E-state index is 0.0780. The number of anilines is 1. The quantitative estimate of drug-likeness (QED) is 0.582. The number of ether oxygens (including phenoxy) is 1. The third-order valence-electron chi connectivity index (χ3n) is 5.61. The minimum Gasteiger partial charge on any atom is -0.481 e. The van der Waals surface area contributed by atoms with E-state index in [-0.39, 0.29) is 37.0 Å². The van der Waals surface area contributed by atoms with Gasteiger partial charge in [0.05, 0.1) is 10.5 Å². The molecule has 0 spiro atoms. The van der Waals surface area contributed by atoms with Crippen LogP contribution in [0.25, 0.3) is 0 Å².